The average Bonchev–Trinajstić information content (AvgIpc) is 2.81. The highest BCUT2D eigenvalue weighted by atomic mass is 32.2. The van der Waals surface area contributed by atoms with Crippen LogP contribution in [0.25, 0.3) is 10.8 Å². The van der Waals surface area contributed by atoms with Gasteiger partial charge in [-0.25, -0.2) is 0 Å². The first-order chi connectivity index (χ1) is 9.83. The summed E-state index contributed by atoms with van der Waals surface area (Å²) in [6.07, 6.45) is 0. The third-order valence-corrected chi connectivity index (χ3v) is 4.55. The number of benzene rings is 3. The molecule has 0 saturated heterocycles. The lowest BCUT2D eigenvalue weighted by molar-refractivity contribution is 0.103. The number of carbonyl (C=O) groups is 1. The van der Waals surface area contributed by atoms with E-state index in [1.807, 2.05) is 42.5 Å². The van der Waals surface area contributed by atoms with Crippen LogP contribution in [0.3, 0.4) is 0 Å². The Bertz CT molecular complexity index is 827. The zero-order valence-electron chi connectivity index (χ0n) is 10.6. The maximum atomic E-state index is 11.9. The molecule has 0 bridgehead atoms. The molecule has 1 heterocycles. The summed E-state index contributed by atoms with van der Waals surface area (Å²) in [7, 11) is 0. The molecule has 0 spiro atoms. The van der Waals surface area contributed by atoms with Crippen LogP contribution in [0.4, 0.5) is 5.69 Å². The van der Waals surface area contributed by atoms with Crippen molar-refractivity contribution in [2.75, 3.05) is 5.32 Å². The Morgan fingerprint density at radius 3 is 2.55 bits per heavy atom. The highest BCUT2D eigenvalue weighted by molar-refractivity contribution is 7.99. The number of nitrogens with one attached hydrogen (secondary N) is 1. The predicted octanol–water partition coefficient (Wildman–Crippen LogP) is 4.56. The van der Waals surface area contributed by atoms with Gasteiger partial charge in [-0.15, -0.1) is 0 Å². The van der Waals surface area contributed by atoms with E-state index in [1.54, 1.807) is 11.8 Å². The van der Waals surface area contributed by atoms with Gasteiger partial charge in [0.1, 0.15) is 0 Å². The summed E-state index contributed by atoms with van der Waals surface area (Å²) in [5.41, 5.74) is 1.69. The van der Waals surface area contributed by atoms with Crippen LogP contribution in [0, 0.1) is 0 Å². The molecule has 96 valence electrons. The minimum Gasteiger partial charge on any atom is -0.321 e. The number of hydrogen-bond donors (Lipinski definition) is 1. The Balaban J connectivity index is 1.91. The summed E-state index contributed by atoms with van der Waals surface area (Å²) < 4.78 is 0. The summed E-state index contributed by atoms with van der Waals surface area (Å²) >= 11 is 1.72. The maximum absolute atomic E-state index is 11.9. The molecular formula is C17H11NOS. The average molecular weight is 277 g/mol. The minimum absolute atomic E-state index is 0.00698. The summed E-state index contributed by atoms with van der Waals surface area (Å²) in [5.74, 6) is -0.00698. The van der Waals surface area contributed by atoms with E-state index in [0.717, 1.165) is 22.0 Å². The van der Waals surface area contributed by atoms with Crippen LogP contribution in [0.2, 0.25) is 0 Å². The van der Waals surface area contributed by atoms with Crippen molar-refractivity contribution < 1.29 is 4.79 Å². The number of rotatable bonds is 2. The van der Waals surface area contributed by atoms with E-state index < -0.39 is 0 Å². The van der Waals surface area contributed by atoms with Crippen LogP contribution in [-0.2, 0) is 0 Å². The second-order valence-corrected chi connectivity index (χ2v) is 5.82. The quantitative estimate of drug-likeness (QED) is 0.744. The van der Waals surface area contributed by atoms with Crippen LogP contribution in [0.1, 0.15) is 10.4 Å². The van der Waals surface area contributed by atoms with E-state index in [0.29, 0.717) is 0 Å². The molecule has 0 unspecified atom stereocenters. The fourth-order valence-electron chi connectivity index (χ4n) is 2.57. The first-order valence-electron chi connectivity index (χ1n) is 6.43. The zero-order chi connectivity index (χ0) is 13.5. The fraction of sp³-hybridized carbons (Fsp3) is 0. The van der Waals surface area contributed by atoms with Gasteiger partial charge in [-0.1, -0.05) is 42.1 Å². The van der Waals surface area contributed by atoms with Gasteiger partial charge in [0.25, 0.3) is 5.91 Å². The van der Waals surface area contributed by atoms with E-state index in [2.05, 4.69) is 23.5 Å². The topological polar surface area (TPSA) is 29.1 Å². The van der Waals surface area contributed by atoms with Crippen molar-refractivity contribution in [3.63, 3.8) is 0 Å². The maximum Gasteiger partial charge on any atom is 0.256 e. The fourth-order valence-corrected chi connectivity index (χ4v) is 3.53. The second kappa shape index (κ2) is 4.39. The van der Waals surface area contributed by atoms with Crippen molar-refractivity contribution in [2.24, 2.45) is 0 Å². The van der Waals surface area contributed by atoms with Gasteiger partial charge in [-0.3, -0.25) is 4.79 Å². The molecule has 2 nitrogen and oxygen atoms in total. The smallest absolute Gasteiger partial charge is 0.256 e. The number of anilines is 1. The molecule has 1 amide bonds. The third kappa shape index (κ3) is 1.71. The molecule has 0 saturated carbocycles. The van der Waals surface area contributed by atoms with Crippen molar-refractivity contribution in [1.29, 1.82) is 0 Å². The van der Waals surface area contributed by atoms with Crippen LogP contribution < -0.4 is 5.32 Å². The Morgan fingerprint density at radius 2 is 1.70 bits per heavy atom. The summed E-state index contributed by atoms with van der Waals surface area (Å²) in [4.78, 5) is 14.3. The molecule has 3 aromatic carbocycles. The molecule has 3 aromatic rings. The van der Waals surface area contributed by atoms with E-state index in [1.165, 1.54) is 9.79 Å². The molecule has 20 heavy (non-hydrogen) atoms. The zero-order valence-corrected chi connectivity index (χ0v) is 11.4. The lowest BCUT2D eigenvalue weighted by Crippen LogP contribution is -2.03. The van der Waals surface area contributed by atoms with Gasteiger partial charge in [0.05, 0.1) is 0 Å². The Morgan fingerprint density at radius 1 is 0.850 bits per heavy atom. The van der Waals surface area contributed by atoms with Crippen molar-refractivity contribution >= 4 is 34.1 Å². The second-order valence-electron chi connectivity index (χ2n) is 4.71. The normalized spacial score (nSPS) is 12.7. The van der Waals surface area contributed by atoms with Gasteiger partial charge in [-0.2, -0.15) is 0 Å². The highest BCUT2D eigenvalue weighted by Gasteiger charge is 2.22. The minimum atomic E-state index is -0.00698. The summed E-state index contributed by atoms with van der Waals surface area (Å²) in [5, 5.41) is 5.09. The Hall–Kier alpha value is -2.26. The first kappa shape index (κ1) is 11.6. The molecule has 0 aliphatic carbocycles. The molecular weight excluding hydrogens is 266 g/mol. The third-order valence-electron chi connectivity index (χ3n) is 3.46. The molecule has 1 aliphatic rings. The monoisotopic (exact) mass is 277 g/mol. The highest BCUT2D eigenvalue weighted by Crippen LogP contribution is 2.40. The Labute approximate surface area is 120 Å². The van der Waals surface area contributed by atoms with Crippen LogP contribution in [0.5, 0.6) is 0 Å². The van der Waals surface area contributed by atoms with Crippen molar-refractivity contribution in [1.82, 2.24) is 0 Å². The molecule has 4 rings (SSSR count). The van der Waals surface area contributed by atoms with Crippen LogP contribution in [0.15, 0.2) is 70.5 Å². The van der Waals surface area contributed by atoms with Crippen molar-refractivity contribution in [2.45, 2.75) is 9.79 Å². The van der Waals surface area contributed by atoms with Crippen molar-refractivity contribution in [3.8, 4) is 0 Å². The van der Waals surface area contributed by atoms with E-state index in [9.17, 15) is 4.79 Å². The summed E-state index contributed by atoms with van der Waals surface area (Å²) in [6, 6.07) is 20.2. The van der Waals surface area contributed by atoms with Crippen LogP contribution in [-0.4, -0.2) is 5.91 Å². The molecule has 3 heteroatoms. The lowest BCUT2D eigenvalue weighted by atomic mass is 10.1. The first-order valence-corrected chi connectivity index (χ1v) is 7.24. The Kier molecular flexibility index (Phi) is 2.54. The van der Waals surface area contributed by atoms with Gasteiger partial charge < -0.3 is 5.32 Å². The van der Waals surface area contributed by atoms with E-state index in [4.69, 9.17) is 0 Å². The van der Waals surface area contributed by atoms with Crippen molar-refractivity contribution in [3.05, 3.63) is 66.2 Å². The molecule has 1 N–H and O–H groups in total. The number of amides is 1. The molecule has 1 aliphatic heterocycles. The molecule has 0 fully saturated rings. The predicted molar refractivity (Wildman–Crippen MR) is 82.5 cm³/mol. The van der Waals surface area contributed by atoms with Gasteiger partial charge in [0.2, 0.25) is 0 Å². The van der Waals surface area contributed by atoms with Gasteiger partial charge in [-0.05, 0) is 35.7 Å². The number of carbonyl (C=O) groups excluding carboxylic acids is 1. The standard InChI is InChI=1S/C17H11NOS/c19-17-13-9-10-15(20-11-5-2-1-3-6-11)12-7-4-8-14(18-17)16(12)13/h1-10H,(H,18,19). The van der Waals surface area contributed by atoms with Crippen LogP contribution >= 0.6 is 11.8 Å². The lowest BCUT2D eigenvalue weighted by Gasteiger charge is -2.07. The number of hydrogen-bond acceptors (Lipinski definition) is 2. The molecule has 0 radical (unpaired) electrons. The van der Waals surface area contributed by atoms with Gasteiger partial charge >= 0.3 is 0 Å². The molecule has 0 aromatic heterocycles. The largest absolute Gasteiger partial charge is 0.321 e. The van der Waals surface area contributed by atoms with Gasteiger partial charge in [0.15, 0.2) is 0 Å². The van der Waals surface area contributed by atoms with E-state index in [-0.39, 0.29) is 5.91 Å². The SMILES string of the molecule is O=C1Nc2cccc3c(Sc4ccccc4)ccc1c23. The molecule has 0 atom stereocenters. The van der Waals surface area contributed by atoms with Gasteiger partial charge in [0, 0.05) is 26.4 Å². The van der Waals surface area contributed by atoms with E-state index >= 15 is 0 Å². The summed E-state index contributed by atoms with van der Waals surface area (Å²) in [6.45, 7) is 0.